The molecule has 3 aliphatic carbocycles. The number of carbonyl (C=O) groups excluding carboxylic acids is 1. The van der Waals surface area contributed by atoms with Gasteiger partial charge in [0.2, 0.25) is 0 Å². The smallest absolute Gasteiger partial charge is 0.311 e. The molecule has 0 spiro atoms. The first-order valence-electron chi connectivity index (χ1n) is 9.56. The van der Waals surface area contributed by atoms with E-state index in [0.717, 1.165) is 19.3 Å². The lowest BCUT2D eigenvalue weighted by Gasteiger charge is -2.59. The summed E-state index contributed by atoms with van der Waals surface area (Å²) >= 11 is 0. The number of hydrogen-bond acceptors (Lipinski definition) is 2. The minimum Gasteiger partial charge on any atom is -0.469 e. The molecule has 0 aromatic heterocycles. The third kappa shape index (κ3) is 2.48. The highest BCUT2D eigenvalue weighted by Crippen LogP contribution is 2.64. The number of rotatable bonds is 2. The second-order valence-corrected chi connectivity index (χ2v) is 9.27. The summed E-state index contributed by atoms with van der Waals surface area (Å²) < 4.78 is 5.21. The van der Waals surface area contributed by atoms with E-state index in [-0.39, 0.29) is 16.8 Å². The summed E-state index contributed by atoms with van der Waals surface area (Å²) in [5.74, 6) is 1.14. The minimum atomic E-state index is -0.296. The summed E-state index contributed by atoms with van der Waals surface area (Å²) in [6, 6.07) is 0. The molecule has 23 heavy (non-hydrogen) atoms. The lowest BCUT2D eigenvalue weighted by molar-refractivity contribution is -0.167. The second-order valence-electron chi connectivity index (χ2n) is 9.27. The van der Waals surface area contributed by atoms with Crippen molar-refractivity contribution in [2.24, 2.45) is 28.1 Å². The summed E-state index contributed by atoms with van der Waals surface area (Å²) in [5, 5.41) is 0. The number of methoxy groups -OCH3 is 1. The molecule has 2 nitrogen and oxygen atoms in total. The average molecular weight is 319 g/mol. The molecule has 5 atom stereocenters. The zero-order chi connectivity index (χ0) is 16.9. The average Bonchev–Trinajstić information content (AvgIpc) is 2.53. The Morgan fingerprint density at radius 2 is 2.00 bits per heavy atom. The molecule has 0 aromatic carbocycles. The van der Waals surface area contributed by atoms with Crippen LogP contribution in [0.15, 0.2) is 11.6 Å². The van der Waals surface area contributed by atoms with E-state index in [0.29, 0.717) is 17.3 Å². The Kier molecular flexibility index (Phi) is 4.18. The Morgan fingerprint density at radius 3 is 2.65 bits per heavy atom. The molecule has 0 saturated heterocycles. The number of carbonyl (C=O) groups is 1. The van der Waals surface area contributed by atoms with Crippen LogP contribution in [-0.4, -0.2) is 13.1 Å². The van der Waals surface area contributed by atoms with Gasteiger partial charge in [-0.2, -0.15) is 0 Å². The number of fused-ring (bicyclic) bond motifs is 3. The van der Waals surface area contributed by atoms with Gasteiger partial charge in [-0.3, -0.25) is 4.79 Å². The number of ether oxygens (including phenoxy) is 1. The van der Waals surface area contributed by atoms with Crippen LogP contribution in [0.3, 0.4) is 0 Å². The molecule has 2 heteroatoms. The Morgan fingerprint density at radius 1 is 1.26 bits per heavy atom. The molecule has 0 N–H and O–H groups in total. The van der Waals surface area contributed by atoms with Crippen molar-refractivity contribution >= 4 is 5.97 Å². The van der Waals surface area contributed by atoms with Gasteiger partial charge in [-0.05, 0) is 68.1 Å². The lowest BCUT2D eigenvalue weighted by Crippen LogP contribution is -2.54. The molecule has 2 saturated carbocycles. The normalized spacial score (nSPS) is 46.4. The van der Waals surface area contributed by atoms with E-state index in [2.05, 4.69) is 33.8 Å². The van der Waals surface area contributed by atoms with Crippen LogP contribution < -0.4 is 0 Å². The van der Waals surface area contributed by atoms with Crippen molar-refractivity contribution in [3.8, 4) is 0 Å². The molecule has 2 fully saturated rings. The summed E-state index contributed by atoms with van der Waals surface area (Å²) in [4.78, 5) is 12.6. The molecule has 3 rings (SSSR count). The summed E-state index contributed by atoms with van der Waals surface area (Å²) in [7, 11) is 1.55. The summed E-state index contributed by atoms with van der Waals surface area (Å²) in [6.45, 7) is 9.43. The molecule has 0 amide bonds. The van der Waals surface area contributed by atoms with Crippen LogP contribution in [0.4, 0.5) is 0 Å². The monoisotopic (exact) mass is 318 g/mol. The lowest BCUT2D eigenvalue weighted by atomic mass is 9.45. The Hall–Kier alpha value is -0.790. The molecule has 0 aliphatic heterocycles. The maximum absolute atomic E-state index is 12.6. The topological polar surface area (TPSA) is 26.3 Å². The Balaban J connectivity index is 1.95. The minimum absolute atomic E-state index is 0.0134. The van der Waals surface area contributed by atoms with Gasteiger partial charge in [0.15, 0.2) is 0 Å². The largest absolute Gasteiger partial charge is 0.469 e. The van der Waals surface area contributed by atoms with Gasteiger partial charge in [0.05, 0.1) is 12.5 Å². The van der Waals surface area contributed by atoms with E-state index in [4.69, 9.17) is 4.74 Å². The number of allylic oxidation sites excluding steroid dienone is 2. The molecular formula is C21H34O2. The highest BCUT2D eigenvalue weighted by molar-refractivity contribution is 5.77. The van der Waals surface area contributed by atoms with Crippen molar-refractivity contribution in [3.63, 3.8) is 0 Å². The van der Waals surface area contributed by atoms with Gasteiger partial charge in [-0.15, -0.1) is 0 Å². The predicted molar refractivity (Wildman–Crippen MR) is 94.0 cm³/mol. The van der Waals surface area contributed by atoms with Crippen molar-refractivity contribution in [1.82, 2.24) is 0 Å². The first kappa shape index (κ1) is 17.0. The van der Waals surface area contributed by atoms with Crippen molar-refractivity contribution in [3.05, 3.63) is 11.6 Å². The standard InChI is InChI=1S/C21H34O2/c1-6-19(2)13-10-16-15(14-19)8-9-17-20(16,3)11-7-12-21(17,4)18(22)23-5/h8,16-17H,6-7,9-14H2,1-5H3/t16-,17?,19-,20-,21-/m1/s1. The highest BCUT2D eigenvalue weighted by Gasteiger charge is 2.58. The third-order valence-corrected chi connectivity index (χ3v) is 8.01. The molecule has 3 aliphatic rings. The molecule has 1 unspecified atom stereocenters. The van der Waals surface area contributed by atoms with Gasteiger partial charge in [-0.25, -0.2) is 0 Å². The maximum Gasteiger partial charge on any atom is 0.311 e. The molecular weight excluding hydrogens is 284 g/mol. The van der Waals surface area contributed by atoms with Gasteiger partial charge in [-0.1, -0.05) is 45.3 Å². The van der Waals surface area contributed by atoms with E-state index in [1.807, 2.05) is 0 Å². The van der Waals surface area contributed by atoms with E-state index in [1.54, 1.807) is 12.7 Å². The Bertz CT molecular complexity index is 522. The van der Waals surface area contributed by atoms with Gasteiger partial charge in [0.1, 0.15) is 0 Å². The van der Waals surface area contributed by atoms with Crippen LogP contribution in [0.5, 0.6) is 0 Å². The van der Waals surface area contributed by atoms with Gasteiger partial charge >= 0.3 is 5.97 Å². The van der Waals surface area contributed by atoms with E-state index < -0.39 is 0 Å². The summed E-state index contributed by atoms with van der Waals surface area (Å²) in [5.41, 5.74) is 2.18. The van der Waals surface area contributed by atoms with Crippen LogP contribution in [0, 0.1) is 28.1 Å². The first-order valence-corrected chi connectivity index (χ1v) is 9.56. The van der Waals surface area contributed by atoms with Crippen molar-refractivity contribution < 1.29 is 9.53 Å². The fourth-order valence-corrected chi connectivity index (χ4v) is 6.26. The fraction of sp³-hybridized carbons (Fsp3) is 0.857. The maximum atomic E-state index is 12.6. The molecule has 0 heterocycles. The highest BCUT2D eigenvalue weighted by atomic mass is 16.5. The van der Waals surface area contributed by atoms with Crippen molar-refractivity contribution in [2.75, 3.05) is 7.11 Å². The third-order valence-electron chi connectivity index (χ3n) is 8.01. The SMILES string of the molecule is CC[C@]1(C)CC[C@@H]2C(=CCC3[C@](C)(C(=O)OC)CCC[C@@]32C)C1. The predicted octanol–water partition coefficient (Wildman–Crippen LogP) is 5.52. The van der Waals surface area contributed by atoms with E-state index >= 15 is 0 Å². The van der Waals surface area contributed by atoms with Crippen molar-refractivity contribution in [1.29, 1.82) is 0 Å². The molecule has 130 valence electrons. The molecule has 0 bridgehead atoms. The van der Waals surface area contributed by atoms with Gasteiger partial charge < -0.3 is 4.74 Å². The molecule has 0 radical (unpaired) electrons. The quantitative estimate of drug-likeness (QED) is 0.495. The zero-order valence-corrected chi connectivity index (χ0v) is 15.7. The van der Waals surface area contributed by atoms with Crippen LogP contribution in [0.1, 0.15) is 79.1 Å². The van der Waals surface area contributed by atoms with Crippen LogP contribution in [0.2, 0.25) is 0 Å². The van der Waals surface area contributed by atoms with Crippen molar-refractivity contribution in [2.45, 2.75) is 79.1 Å². The van der Waals surface area contributed by atoms with Crippen LogP contribution in [-0.2, 0) is 9.53 Å². The molecule has 0 aromatic rings. The van der Waals surface area contributed by atoms with Crippen LogP contribution >= 0.6 is 0 Å². The van der Waals surface area contributed by atoms with Gasteiger partial charge in [0.25, 0.3) is 0 Å². The second kappa shape index (κ2) is 5.63. The Labute approximate surface area is 142 Å². The summed E-state index contributed by atoms with van der Waals surface area (Å²) in [6.07, 6.45) is 12.2. The van der Waals surface area contributed by atoms with Gasteiger partial charge in [0, 0.05) is 0 Å². The van der Waals surface area contributed by atoms with Crippen LogP contribution in [0.25, 0.3) is 0 Å². The van der Waals surface area contributed by atoms with E-state index in [1.165, 1.54) is 32.1 Å². The van der Waals surface area contributed by atoms with E-state index in [9.17, 15) is 4.79 Å². The number of esters is 1. The first-order chi connectivity index (χ1) is 10.8. The zero-order valence-electron chi connectivity index (χ0n) is 15.7. The fourth-order valence-electron chi connectivity index (χ4n) is 6.26. The number of hydrogen-bond donors (Lipinski definition) is 0.